The third kappa shape index (κ3) is 6.10. The molecule has 0 aromatic heterocycles. The molecule has 1 aliphatic heterocycles. The van der Waals surface area contributed by atoms with Gasteiger partial charge in [-0.2, -0.15) is 0 Å². The summed E-state index contributed by atoms with van der Waals surface area (Å²) in [6, 6.07) is 14.8. The molecule has 0 unspecified atom stereocenters. The Morgan fingerprint density at radius 3 is 2.26 bits per heavy atom. The van der Waals surface area contributed by atoms with E-state index in [0.717, 1.165) is 31.4 Å². The Kier molecular flexibility index (Phi) is 7.87. The predicted molar refractivity (Wildman–Crippen MR) is 135 cm³/mol. The molecular formula is C26H33N5O4. The van der Waals surface area contributed by atoms with E-state index in [9.17, 15) is 14.4 Å². The summed E-state index contributed by atoms with van der Waals surface area (Å²) in [7, 11) is 1.30. The standard InChI is InChI=1S/C26H33N5O4/c1-35-26(34)29-22-17-19(24(32)28-21-10-8-20(27)9-11-21)7-12-23(22)30-13-15-31(16-14-30)25(33)18-5-3-2-4-6-18/h2-7,12,17,20-21H,8-11,13-16,27H2,1H3,(H,28,32)(H,29,34). The van der Waals surface area contributed by atoms with E-state index >= 15 is 0 Å². The Morgan fingerprint density at radius 1 is 0.914 bits per heavy atom. The first-order valence-electron chi connectivity index (χ1n) is 12.1. The molecule has 9 heteroatoms. The highest BCUT2D eigenvalue weighted by Crippen LogP contribution is 2.29. The minimum absolute atomic E-state index is 0.00819. The number of rotatable bonds is 5. The molecule has 2 aromatic carbocycles. The number of hydrogen-bond acceptors (Lipinski definition) is 6. The Bertz CT molecular complexity index is 1040. The maximum Gasteiger partial charge on any atom is 0.411 e. The largest absolute Gasteiger partial charge is 0.453 e. The molecule has 2 aromatic rings. The van der Waals surface area contributed by atoms with Gasteiger partial charge in [0.2, 0.25) is 0 Å². The van der Waals surface area contributed by atoms with E-state index in [-0.39, 0.29) is 23.9 Å². The Labute approximate surface area is 205 Å². The molecule has 9 nitrogen and oxygen atoms in total. The van der Waals surface area contributed by atoms with E-state index in [1.165, 1.54) is 7.11 Å². The van der Waals surface area contributed by atoms with Crippen LogP contribution in [0, 0.1) is 0 Å². The summed E-state index contributed by atoms with van der Waals surface area (Å²) in [4.78, 5) is 41.6. The van der Waals surface area contributed by atoms with Crippen LogP contribution in [-0.4, -0.2) is 68.2 Å². The number of piperazine rings is 1. The van der Waals surface area contributed by atoms with Crippen molar-refractivity contribution in [2.75, 3.05) is 43.5 Å². The second-order valence-electron chi connectivity index (χ2n) is 9.08. The second-order valence-corrected chi connectivity index (χ2v) is 9.08. The minimum Gasteiger partial charge on any atom is -0.453 e. The van der Waals surface area contributed by atoms with Crippen LogP contribution < -0.4 is 21.3 Å². The van der Waals surface area contributed by atoms with Crippen LogP contribution in [0.25, 0.3) is 0 Å². The van der Waals surface area contributed by atoms with Gasteiger partial charge in [0.1, 0.15) is 0 Å². The lowest BCUT2D eigenvalue weighted by Crippen LogP contribution is -2.49. The lowest BCUT2D eigenvalue weighted by Gasteiger charge is -2.37. The number of anilines is 2. The van der Waals surface area contributed by atoms with E-state index in [1.807, 2.05) is 41.3 Å². The van der Waals surface area contributed by atoms with Gasteiger partial charge in [0, 0.05) is 49.4 Å². The van der Waals surface area contributed by atoms with Gasteiger partial charge in [-0.05, 0) is 56.0 Å². The molecule has 2 aliphatic rings. The van der Waals surface area contributed by atoms with Crippen LogP contribution in [0.3, 0.4) is 0 Å². The third-order valence-corrected chi connectivity index (χ3v) is 6.72. The molecular weight excluding hydrogens is 446 g/mol. The number of nitrogens with two attached hydrogens (primary N) is 1. The fourth-order valence-electron chi connectivity index (χ4n) is 4.66. The van der Waals surface area contributed by atoms with Crippen molar-refractivity contribution in [3.63, 3.8) is 0 Å². The van der Waals surface area contributed by atoms with Gasteiger partial charge in [0.05, 0.1) is 18.5 Å². The zero-order valence-corrected chi connectivity index (χ0v) is 20.0. The third-order valence-electron chi connectivity index (χ3n) is 6.72. The molecule has 186 valence electrons. The summed E-state index contributed by atoms with van der Waals surface area (Å²) in [5.74, 6) is -0.169. The monoisotopic (exact) mass is 479 g/mol. The predicted octanol–water partition coefficient (Wildman–Crippen LogP) is 2.83. The summed E-state index contributed by atoms with van der Waals surface area (Å²) in [6.45, 7) is 2.31. The number of nitrogens with one attached hydrogen (secondary N) is 2. The minimum atomic E-state index is -0.608. The van der Waals surface area contributed by atoms with E-state index in [4.69, 9.17) is 10.5 Å². The lowest BCUT2D eigenvalue weighted by molar-refractivity contribution is 0.0746. The summed E-state index contributed by atoms with van der Waals surface area (Å²) >= 11 is 0. The van der Waals surface area contributed by atoms with Gasteiger partial charge in [-0.3, -0.25) is 14.9 Å². The molecule has 1 saturated carbocycles. The molecule has 35 heavy (non-hydrogen) atoms. The Morgan fingerprint density at radius 2 is 1.60 bits per heavy atom. The van der Waals surface area contributed by atoms with Crippen LogP contribution in [0.1, 0.15) is 46.4 Å². The molecule has 0 radical (unpaired) electrons. The number of amides is 3. The summed E-state index contributed by atoms with van der Waals surface area (Å²) in [5, 5.41) is 5.83. The van der Waals surface area contributed by atoms with Crippen molar-refractivity contribution in [1.29, 1.82) is 0 Å². The number of methoxy groups -OCH3 is 1. The van der Waals surface area contributed by atoms with Crippen molar-refractivity contribution in [3.05, 3.63) is 59.7 Å². The number of nitrogens with zero attached hydrogens (tertiary/aromatic N) is 2. The van der Waals surface area contributed by atoms with Gasteiger partial charge in [-0.1, -0.05) is 18.2 Å². The van der Waals surface area contributed by atoms with Crippen molar-refractivity contribution in [1.82, 2.24) is 10.2 Å². The topological polar surface area (TPSA) is 117 Å². The van der Waals surface area contributed by atoms with Gasteiger partial charge in [0.15, 0.2) is 0 Å². The first-order chi connectivity index (χ1) is 16.9. The highest BCUT2D eigenvalue weighted by molar-refractivity contribution is 5.99. The Balaban J connectivity index is 1.45. The van der Waals surface area contributed by atoms with Crippen LogP contribution in [0.4, 0.5) is 16.2 Å². The van der Waals surface area contributed by atoms with E-state index in [2.05, 4.69) is 15.5 Å². The van der Waals surface area contributed by atoms with Crippen LogP contribution >= 0.6 is 0 Å². The number of hydrogen-bond donors (Lipinski definition) is 3. The molecule has 0 bridgehead atoms. The summed E-state index contributed by atoms with van der Waals surface area (Å²) < 4.78 is 4.79. The van der Waals surface area contributed by atoms with Crippen molar-refractivity contribution in [3.8, 4) is 0 Å². The molecule has 1 saturated heterocycles. The molecule has 4 N–H and O–H groups in total. The molecule has 1 aliphatic carbocycles. The van der Waals surface area contributed by atoms with Crippen LogP contribution in [0.15, 0.2) is 48.5 Å². The number of carbonyl (C=O) groups is 3. The maximum absolute atomic E-state index is 12.9. The van der Waals surface area contributed by atoms with E-state index < -0.39 is 6.09 Å². The van der Waals surface area contributed by atoms with Crippen molar-refractivity contribution >= 4 is 29.3 Å². The fraction of sp³-hybridized carbons (Fsp3) is 0.423. The van der Waals surface area contributed by atoms with Gasteiger partial charge in [-0.25, -0.2) is 4.79 Å². The molecule has 0 atom stereocenters. The normalized spacial score (nSPS) is 20.2. The molecule has 3 amide bonds. The Hall–Kier alpha value is -3.59. The first kappa shape index (κ1) is 24.5. The maximum atomic E-state index is 12.9. The van der Waals surface area contributed by atoms with Crippen molar-refractivity contribution in [2.24, 2.45) is 5.73 Å². The van der Waals surface area contributed by atoms with E-state index in [0.29, 0.717) is 43.0 Å². The molecule has 2 fully saturated rings. The van der Waals surface area contributed by atoms with Gasteiger partial charge >= 0.3 is 6.09 Å². The van der Waals surface area contributed by atoms with Gasteiger partial charge in [-0.15, -0.1) is 0 Å². The zero-order chi connectivity index (χ0) is 24.8. The average molecular weight is 480 g/mol. The lowest BCUT2D eigenvalue weighted by atomic mass is 9.91. The molecule has 4 rings (SSSR count). The van der Waals surface area contributed by atoms with Crippen LogP contribution in [0.5, 0.6) is 0 Å². The van der Waals surface area contributed by atoms with Crippen molar-refractivity contribution < 1.29 is 19.1 Å². The summed E-state index contributed by atoms with van der Waals surface area (Å²) in [6.07, 6.45) is 2.92. The SMILES string of the molecule is COC(=O)Nc1cc(C(=O)NC2CCC(N)CC2)ccc1N1CCN(C(=O)c2ccccc2)CC1. The van der Waals surface area contributed by atoms with E-state index in [1.54, 1.807) is 12.1 Å². The summed E-state index contributed by atoms with van der Waals surface area (Å²) in [5.41, 5.74) is 8.38. The number of ether oxygens (including phenoxy) is 1. The fourth-order valence-corrected chi connectivity index (χ4v) is 4.66. The van der Waals surface area contributed by atoms with Gasteiger partial charge < -0.3 is 25.6 Å². The highest BCUT2D eigenvalue weighted by Gasteiger charge is 2.25. The first-order valence-corrected chi connectivity index (χ1v) is 12.1. The van der Waals surface area contributed by atoms with Crippen LogP contribution in [0.2, 0.25) is 0 Å². The van der Waals surface area contributed by atoms with Crippen molar-refractivity contribution in [2.45, 2.75) is 37.8 Å². The quantitative estimate of drug-likeness (QED) is 0.607. The zero-order valence-electron chi connectivity index (χ0n) is 20.0. The molecule has 1 heterocycles. The highest BCUT2D eigenvalue weighted by atomic mass is 16.5. The number of benzene rings is 2. The molecule has 0 spiro atoms. The second kappa shape index (κ2) is 11.2. The van der Waals surface area contributed by atoms with Gasteiger partial charge in [0.25, 0.3) is 11.8 Å². The smallest absolute Gasteiger partial charge is 0.411 e. The average Bonchev–Trinajstić information content (AvgIpc) is 2.90. The van der Waals surface area contributed by atoms with Crippen LogP contribution in [-0.2, 0) is 4.74 Å². The number of carbonyl (C=O) groups excluding carboxylic acids is 3.